The molecule has 0 aliphatic heterocycles. The first-order valence-electron chi connectivity index (χ1n) is 8.93. The molecule has 6 heteroatoms. The Labute approximate surface area is 162 Å². The number of halogens is 2. The van der Waals surface area contributed by atoms with Gasteiger partial charge in [-0.05, 0) is 37.1 Å². The van der Waals surface area contributed by atoms with Crippen molar-refractivity contribution in [3.63, 3.8) is 0 Å². The van der Waals surface area contributed by atoms with E-state index in [1.165, 1.54) is 12.1 Å². The van der Waals surface area contributed by atoms with E-state index in [4.69, 9.17) is 11.6 Å². The first kappa shape index (κ1) is 19.4. The van der Waals surface area contributed by atoms with Gasteiger partial charge in [-0.25, -0.2) is 9.18 Å². The van der Waals surface area contributed by atoms with E-state index in [1.807, 2.05) is 24.3 Å². The maximum absolute atomic E-state index is 13.4. The van der Waals surface area contributed by atoms with Crippen molar-refractivity contribution in [3.05, 3.63) is 70.1 Å². The Hall–Kier alpha value is -2.37. The Morgan fingerprint density at radius 2 is 2.04 bits per heavy atom. The Bertz CT molecular complexity index is 984. The molecule has 2 N–H and O–H groups in total. The van der Waals surface area contributed by atoms with Crippen LogP contribution in [0.25, 0.3) is 10.9 Å². The smallest absolute Gasteiger partial charge is 0.352 e. The number of aromatic nitrogens is 1. The topological polar surface area (TPSA) is 54.3 Å². The lowest BCUT2D eigenvalue weighted by Crippen LogP contribution is -2.25. The van der Waals surface area contributed by atoms with Crippen molar-refractivity contribution in [2.75, 3.05) is 0 Å². The molecule has 0 bridgehead atoms. The molecule has 0 saturated carbocycles. The number of carboxylic acid groups (broad SMARTS) is 1. The summed E-state index contributed by atoms with van der Waals surface area (Å²) in [6, 6.07) is 12.0. The molecule has 0 unspecified atom stereocenters. The van der Waals surface area contributed by atoms with Crippen LogP contribution in [0.3, 0.4) is 0 Å². The third kappa shape index (κ3) is 3.99. The molecular formula is C21H22ClFN2O2. The summed E-state index contributed by atoms with van der Waals surface area (Å²) in [6.07, 6.45) is 0.951. The third-order valence-electron chi connectivity index (χ3n) is 4.86. The van der Waals surface area contributed by atoms with Gasteiger partial charge in [-0.15, -0.1) is 0 Å². The Morgan fingerprint density at radius 3 is 2.70 bits per heavy atom. The van der Waals surface area contributed by atoms with Crippen molar-refractivity contribution in [1.29, 1.82) is 0 Å². The summed E-state index contributed by atoms with van der Waals surface area (Å²) in [5.41, 5.74) is 2.46. The molecule has 27 heavy (non-hydrogen) atoms. The number of aromatic carboxylic acids is 1. The maximum atomic E-state index is 13.4. The fraction of sp³-hybridized carbons (Fsp3) is 0.286. The molecule has 0 amide bonds. The lowest BCUT2D eigenvalue weighted by Gasteiger charge is -2.13. The molecule has 0 aliphatic rings. The Morgan fingerprint density at radius 1 is 1.30 bits per heavy atom. The van der Waals surface area contributed by atoms with E-state index in [2.05, 4.69) is 19.2 Å². The summed E-state index contributed by atoms with van der Waals surface area (Å²) in [4.78, 5) is 12.1. The van der Waals surface area contributed by atoms with Crippen molar-refractivity contribution in [2.24, 2.45) is 0 Å². The van der Waals surface area contributed by atoms with Crippen LogP contribution in [-0.4, -0.2) is 21.7 Å². The number of hydrogen-bond acceptors (Lipinski definition) is 2. The molecule has 0 spiro atoms. The molecule has 3 aromatic rings. The van der Waals surface area contributed by atoms with Crippen LogP contribution < -0.4 is 5.32 Å². The molecule has 2 aromatic carbocycles. The van der Waals surface area contributed by atoms with Gasteiger partial charge in [-0.2, -0.15) is 0 Å². The highest BCUT2D eigenvalue weighted by molar-refractivity contribution is 6.31. The quantitative estimate of drug-likeness (QED) is 0.594. The van der Waals surface area contributed by atoms with Gasteiger partial charge in [-0.1, -0.05) is 42.8 Å². The van der Waals surface area contributed by atoms with Crippen molar-refractivity contribution in [1.82, 2.24) is 9.88 Å². The van der Waals surface area contributed by atoms with Gasteiger partial charge >= 0.3 is 5.97 Å². The predicted octanol–water partition coefficient (Wildman–Crippen LogP) is 5.07. The second-order valence-corrected chi connectivity index (χ2v) is 7.07. The zero-order valence-corrected chi connectivity index (χ0v) is 16.1. The first-order valence-corrected chi connectivity index (χ1v) is 9.30. The number of nitrogens with one attached hydrogen (secondary N) is 1. The van der Waals surface area contributed by atoms with Crippen LogP contribution in [0, 0.1) is 5.82 Å². The second-order valence-electron chi connectivity index (χ2n) is 6.66. The number of benzene rings is 2. The number of carboxylic acids is 1. The van der Waals surface area contributed by atoms with Crippen molar-refractivity contribution < 1.29 is 14.3 Å². The monoisotopic (exact) mass is 388 g/mol. The molecule has 0 aliphatic carbocycles. The molecule has 1 aromatic heterocycles. The fourth-order valence-corrected chi connectivity index (χ4v) is 3.43. The number of rotatable bonds is 7. The summed E-state index contributed by atoms with van der Waals surface area (Å²) >= 11 is 6.18. The molecule has 1 atom stereocenters. The van der Waals surface area contributed by atoms with Gasteiger partial charge in [0.1, 0.15) is 11.5 Å². The minimum Gasteiger partial charge on any atom is -0.477 e. The zero-order chi connectivity index (χ0) is 19.6. The maximum Gasteiger partial charge on any atom is 0.352 e. The van der Waals surface area contributed by atoms with Crippen molar-refractivity contribution in [3.8, 4) is 0 Å². The zero-order valence-electron chi connectivity index (χ0n) is 15.3. The van der Waals surface area contributed by atoms with Gasteiger partial charge in [0.25, 0.3) is 0 Å². The standard InChI is InChI=1S/C21H22ClFN2O2/c1-3-13(2)24-11-17-16-6-4-5-7-19(16)25(20(17)21(26)27)12-14-8-9-15(23)10-18(14)22/h4-10,13,24H,3,11-12H2,1-2H3,(H,26,27)/t13-/m1/s1. The SMILES string of the molecule is CC[C@@H](C)NCc1c(C(=O)O)n(Cc2ccc(F)cc2Cl)c2ccccc12. The summed E-state index contributed by atoms with van der Waals surface area (Å²) in [5.74, 6) is -1.41. The van der Waals surface area contributed by atoms with Gasteiger partial charge in [0, 0.05) is 40.6 Å². The highest BCUT2D eigenvalue weighted by atomic mass is 35.5. The molecule has 142 valence electrons. The van der Waals surface area contributed by atoms with Crippen LogP contribution in [0.2, 0.25) is 5.02 Å². The van der Waals surface area contributed by atoms with E-state index in [0.29, 0.717) is 12.1 Å². The highest BCUT2D eigenvalue weighted by Gasteiger charge is 2.23. The van der Waals surface area contributed by atoms with Gasteiger partial charge < -0.3 is 15.0 Å². The number of hydrogen-bond donors (Lipinski definition) is 2. The minimum absolute atomic E-state index is 0.229. The Balaban J connectivity index is 2.13. The summed E-state index contributed by atoms with van der Waals surface area (Å²) in [5, 5.41) is 14.5. The molecule has 3 rings (SSSR count). The normalized spacial score (nSPS) is 12.4. The molecule has 0 radical (unpaired) electrons. The van der Waals surface area contributed by atoms with Crippen LogP contribution in [0.15, 0.2) is 42.5 Å². The summed E-state index contributed by atoms with van der Waals surface area (Å²) < 4.78 is 15.1. The summed E-state index contributed by atoms with van der Waals surface area (Å²) in [7, 11) is 0. The van der Waals surface area contributed by atoms with E-state index >= 15 is 0 Å². The van der Waals surface area contributed by atoms with Crippen LogP contribution in [0.1, 0.15) is 41.9 Å². The van der Waals surface area contributed by atoms with Crippen molar-refractivity contribution in [2.45, 2.75) is 39.4 Å². The number of para-hydroxylation sites is 1. The molecule has 0 fully saturated rings. The largest absolute Gasteiger partial charge is 0.477 e. The first-order chi connectivity index (χ1) is 12.9. The average Bonchev–Trinajstić information content (AvgIpc) is 2.96. The number of carbonyl (C=O) groups is 1. The minimum atomic E-state index is -0.995. The molecule has 1 heterocycles. The lowest BCUT2D eigenvalue weighted by molar-refractivity contribution is 0.0684. The molecule has 0 saturated heterocycles. The fourth-order valence-electron chi connectivity index (χ4n) is 3.20. The van der Waals surface area contributed by atoms with E-state index in [1.54, 1.807) is 10.6 Å². The van der Waals surface area contributed by atoms with E-state index in [0.717, 1.165) is 22.9 Å². The second kappa shape index (κ2) is 8.11. The summed E-state index contributed by atoms with van der Waals surface area (Å²) in [6.45, 7) is 4.86. The van der Waals surface area contributed by atoms with E-state index in [-0.39, 0.29) is 23.3 Å². The number of nitrogens with zero attached hydrogens (tertiary/aromatic N) is 1. The lowest BCUT2D eigenvalue weighted by atomic mass is 10.1. The van der Waals surface area contributed by atoms with Gasteiger partial charge in [0.05, 0.1) is 0 Å². The van der Waals surface area contributed by atoms with Gasteiger partial charge in [0.15, 0.2) is 0 Å². The predicted molar refractivity (Wildman–Crippen MR) is 106 cm³/mol. The number of fused-ring (bicyclic) bond motifs is 1. The van der Waals surface area contributed by atoms with Crippen LogP contribution >= 0.6 is 11.6 Å². The van der Waals surface area contributed by atoms with Gasteiger partial charge in [-0.3, -0.25) is 0 Å². The third-order valence-corrected chi connectivity index (χ3v) is 5.21. The van der Waals surface area contributed by atoms with E-state index < -0.39 is 11.8 Å². The van der Waals surface area contributed by atoms with Crippen molar-refractivity contribution >= 4 is 28.5 Å². The van der Waals surface area contributed by atoms with Gasteiger partial charge in [0.2, 0.25) is 0 Å². The van der Waals surface area contributed by atoms with Crippen LogP contribution in [0.5, 0.6) is 0 Å². The van der Waals surface area contributed by atoms with E-state index in [9.17, 15) is 14.3 Å². The average molecular weight is 389 g/mol. The molecule has 4 nitrogen and oxygen atoms in total. The van der Waals surface area contributed by atoms with Crippen LogP contribution in [0.4, 0.5) is 4.39 Å². The highest BCUT2D eigenvalue weighted by Crippen LogP contribution is 2.29. The van der Waals surface area contributed by atoms with Crippen LogP contribution in [-0.2, 0) is 13.1 Å². The molecular weight excluding hydrogens is 367 g/mol. The Kier molecular flexibility index (Phi) is 5.82.